The van der Waals surface area contributed by atoms with E-state index in [1.807, 2.05) is 24.6 Å². The molecule has 7 heteroatoms. The van der Waals surface area contributed by atoms with E-state index in [-0.39, 0.29) is 16.9 Å². The van der Waals surface area contributed by atoms with Crippen LogP contribution in [0.15, 0.2) is 18.3 Å². The molecule has 0 aliphatic heterocycles. The minimum absolute atomic E-state index is 0.0611. The van der Waals surface area contributed by atoms with Gasteiger partial charge in [-0.2, -0.15) is 0 Å². The van der Waals surface area contributed by atoms with Crippen LogP contribution in [0.1, 0.15) is 28.7 Å². The lowest BCUT2D eigenvalue weighted by molar-refractivity contribution is 0.616. The summed E-state index contributed by atoms with van der Waals surface area (Å²) < 4.78 is 15.7. The highest BCUT2D eigenvalue weighted by atomic mass is 35.5. The Hall–Kier alpha value is -1.17. The van der Waals surface area contributed by atoms with Crippen molar-refractivity contribution in [3.63, 3.8) is 0 Å². The summed E-state index contributed by atoms with van der Waals surface area (Å²) >= 11 is 13.4. The molecular weight excluding hydrogens is 332 g/mol. The van der Waals surface area contributed by atoms with Crippen LogP contribution < -0.4 is 0 Å². The van der Waals surface area contributed by atoms with E-state index in [1.165, 1.54) is 12.1 Å². The molecule has 1 aromatic carbocycles. The summed E-state index contributed by atoms with van der Waals surface area (Å²) in [6, 6.07) is 2.86. The van der Waals surface area contributed by atoms with Gasteiger partial charge in [-0.25, -0.2) is 14.4 Å². The monoisotopic (exact) mass is 343 g/mol. The Labute approximate surface area is 135 Å². The van der Waals surface area contributed by atoms with Crippen LogP contribution in [0.4, 0.5) is 4.39 Å². The first-order chi connectivity index (χ1) is 10.0. The second-order valence-electron chi connectivity index (χ2n) is 4.77. The van der Waals surface area contributed by atoms with Gasteiger partial charge < -0.3 is 4.57 Å². The summed E-state index contributed by atoms with van der Waals surface area (Å²) in [7, 11) is 0. The van der Waals surface area contributed by atoms with E-state index in [0.29, 0.717) is 16.9 Å². The molecule has 0 saturated carbocycles. The van der Waals surface area contributed by atoms with Crippen molar-refractivity contribution in [1.29, 1.82) is 0 Å². The first kappa shape index (κ1) is 14.8. The fraction of sp³-hybridized carbons (Fsp3) is 0.286. The summed E-state index contributed by atoms with van der Waals surface area (Å²) in [5, 5.41) is 1.000. The summed E-state index contributed by atoms with van der Waals surface area (Å²) in [4.78, 5) is 9.97. The molecule has 0 aliphatic rings. The molecule has 0 radical (unpaired) electrons. The number of halogens is 3. The van der Waals surface area contributed by atoms with Crippen molar-refractivity contribution in [2.24, 2.45) is 0 Å². The Morgan fingerprint density at radius 1 is 1.43 bits per heavy atom. The average molecular weight is 344 g/mol. The van der Waals surface area contributed by atoms with Crippen LogP contribution >= 0.6 is 34.5 Å². The van der Waals surface area contributed by atoms with Gasteiger partial charge in [-0.3, -0.25) is 0 Å². The molecule has 21 heavy (non-hydrogen) atoms. The molecule has 3 rings (SSSR count). The largest absolute Gasteiger partial charge is 0.317 e. The number of nitrogens with zero attached hydrogens (tertiary/aromatic N) is 3. The Bertz CT molecular complexity index is 812. The molecule has 0 aliphatic carbocycles. The Morgan fingerprint density at radius 2 is 2.19 bits per heavy atom. The number of aryl methyl sites for hydroxylation is 1. The minimum Gasteiger partial charge on any atom is -0.317 e. The fourth-order valence-corrected chi connectivity index (χ4v) is 3.51. The molecule has 0 amide bonds. The second kappa shape index (κ2) is 5.55. The molecule has 0 spiro atoms. The van der Waals surface area contributed by atoms with Crippen LogP contribution in [0.3, 0.4) is 0 Å². The molecule has 0 bridgehead atoms. The lowest BCUT2D eigenvalue weighted by atomic mass is 10.2. The van der Waals surface area contributed by atoms with E-state index < -0.39 is 5.82 Å². The molecule has 3 nitrogen and oxygen atoms in total. The zero-order valence-electron chi connectivity index (χ0n) is 11.4. The van der Waals surface area contributed by atoms with Crippen molar-refractivity contribution < 1.29 is 4.39 Å². The van der Waals surface area contributed by atoms with Crippen LogP contribution in [-0.2, 0) is 5.88 Å². The molecule has 0 fully saturated rings. The van der Waals surface area contributed by atoms with Crippen molar-refractivity contribution >= 4 is 45.6 Å². The summed E-state index contributed by atoms with van der Waals surface area (Å²) in [6.07, 6.45) is 1.83. The van der Waals surface area contributed by atoms with Gasteiger partial charge in [0, 0.05) is 17.1 Å². The number of hydrogen-bond donors (Lipinski definition) is 0. The lowest BCUT2D eigenvalue weighted by Gasteiger charge is -2.14. The van der Waals surface area contributed by atoms with Crippen molar-refractivity contribution in [2.75, 3.05) is 0 Å². The number of aromatic nitrogens is 3. The van der Waals surface area contributed by atoms with E-state index in [0.717, 1.165) is 9.88 Å². The van der Waals surface area contributed by atoms with Gasteiger partial charge in [-0.1, -0.05) is 11.6 Å². The van der Waals surface area contributed by atoms with Gasteiger partial charge in [0.05, 0.1) is 28.0 Å². The van der Waals surface area contributed by atoms with Crippen molar-refractivity contribution in [1.82, 2.24) is 14.5 Å². The number of rotatable bonds is 3. The number of benzene rings is 1. The number of hydrogen-bond acceptors (Lipinski definition) is 3. The Kier molecular flexibility index (Phi) is 3.90. The minimum atomic E-state index is -0.464. The maximum absolute atomic E-state index is 13.8. The number of thiazole rings is 1. The fourth-order valence-electron chi connectivity index (χ4n) is 2.34. The van der Waals surface area contributed by atoms with Gasteiger partial charge >= 0.3 is 0 Å². The molecule has 3 aromatic rings. The van der Waals surface area contributed by atoms with E-state index >= 15 is 0 Å². The van der Waals surface area contributed by atoms with Crippen LogP contribution in [0, 0.1) is 12.7 Å². The van der Waals surface area contributed by atoms with Gasteiger partial charge in [0.25, 0.3) is 0 Å². The molecule has 2 aromatic heterocycles. The van der Waals surface area contributed by atoms with Crippen LogP contribution in [0.2, 0.25) is 5.02 Å². The van der Waals surface area contributed by atoms with Crippen molar-refractivity contribution in [2.45, 2.75) is 25.8 Å². The standard InChI is InChI=1S/C14H12Cl2FN3S/c1-7-6-18-14(21-7)8(2)20-12-4-10(17)9(16)3-11(12)19-13(20)5-15/h3-4,6,8H,5H2,1-2H3. The Balaban J connectivity index is 2.22. The van der Waals surface area contributed by atoms with Gasteiger partial charge in [0.1, 0.15) is 16.6 Å². The van der Waals surface area contributed by atoms with Crippen LogP contribution in [-0.4, -0.2) is 14.5 Å². The summed E-state index contributed by atoms with van der Waals surface area (Å²) in [6.45, 7) is 4.00. The van der Waals surface area contributed by atoms with Crippen LogP contribution in [0.25, 0.3) is 11.0 Å². The number of fused-ring (bicyclic) bond motifs is 1. The normalized spacial score (nSPS) is 13.0. The van der Waals surface area contributed by atoms with E-state index in [9.17, 15) is 4.39 Å². The third kappa shape index (κ3) is 2.54. The average Bonchev–Trinajstić information content (AvgIpc) is 3.02. The first-order valence-corrected chi connectivity index (χ1v) is 8.08. The summed E-state index contributed by atoms with van der Waals surface area (Å²) in [5.41, 5.74) is 1.31. The number of alkyl halides is 1. The second-order valence-corrected chi connectivity index (χ2v) is 6.71. The van der Waals surface area contributed by atoms with E-state index in [1.54, 1.807) is 11.3 Å². The zero-order chi connectivity index (χ0) is 15.1. The highest BCUT2D eigenvalue weighted by Gasteiger charge is 2.20. The van der Waals surface area contributed by atoms with Crippen molar-refractivity contribution in [3.8, 4) is 0 Å². The van der Waals surface area contributed by atoms with Crippen LogP contribution in [0.5, 0.6) is 0 Å². The SMILES string of the molecule is Cc1cnc(C(C)n2c(CCl)nc3cc(Cl)c(F)cc32)s1. The van der Waals surface area contributed by atoms with E-state index in [4.69, 9.17) is 23.2 Å². The van der Waals surface area contributed by atoms with Gasteiger partial charge in [-0.15, -0.1) is 22.9 Å². The highest BCUT2D eigenvalue weighted by molar-refractivity contribution is 7.11. The van der Waals surface area contributed by atoms with Gasteiger partial charge in [0.15, 0.2) is 0 Å². The number of imidazole rings is 1. The molecule has 1 atom stereocenters. The quantitative estimate of drug-likeness (QED) is 0.630. The topological polar surface area (TPSA) is 30.7 Å². The predicted molar refractivity (Wildman–Crippen MR) is 84.9 cm³/mol. The molecule has 0 N–H and O–H groups in total. The Morgan fingerprint density at radius 3 is 2.81 bits per heavy atom. The molecular formula is C14H12Cl2FN3S. The molecule has 0 saturated heterocycles. The maximum Gasteiger partial charge on any atom is 0.144 e. The molecule has 110 valence electrons. The molecule has 1 unspecified atom stereocenters. The van der Waals surface area contributed by atoms with Gasteiger partial charge in [0.2, 0.25) is 0 Å². The van der Waals surface area contributed by atoms with E-state index in [2.05, 4.69) is 9.97 Å². The predicted octanol–water partition coefficient (Wildman–Crippen LogP) is 4.94. The smallest absolute Gasteiger partial charge is 0.144 e. The summed E-state index contributed by atoms with van der Waals surface area (Å²) in [5.74, 6) is 0.449. The van der Waals surface area contributed by atoms with Gasteiger partial charge in [-0.05, 0) is 19.9 Å². The third-order valence-electron chi connectivity index (χ3n) is 3.31. The lowest BCUT2D eigenvalue weighted by Crippen LogP contribution is -2.09. The zero-order valence-corrected chi connectivity index (χ0v) is 13.7. The highest BCUT2D eigenvalue weighted by Crippen LogP contribution is 2.31. The third-order valence-corrected chi connectivity index (χ3v) is 4.92. The van der Waals surface area contributed by atoms with Crippen molar-refractivity contribution in [3.05, 3.63) is 44.9 Å². The molecule has 2 heterocycles. The maximum atomic E-state index is 13.8. The first-order valence-electron chi connectivity index (χ1n) is 6.35.